The zero-order chi connectivity index (χ0) is 23.1. The minimum Gasteiger partial charge on any atom is -0.481 e. The number of benzene rings is 2. The molecular formula is C25H30N2O5. The van der Waals surface area contributed by atoms with Crippen molar-refractivity contribution in [3.63, 3.8) is 0 Å². The van der Waals surface area contributed by atoms with Crippen LogP contribution < -0.4 is 10.6 Å². The molecule has 1 atom stereocenters. The molecule has 0 aliphatic heterocycles. The standard InChI is InChI=1S/C25H30N2O5/c1-16(2)17(13-23(28)26-12-11-24(29)30)14-27-25(31)32-15-22-20-9-5-3-7-18(20)19-8-4-6-10-21(19)22/h3-10,16-17,22H,11-15H2,1-2H3,(H,26,28)(H,27,31)(H,29,30). The van der Waals surface area contributed by atoms with E-state index < -0.39 is 12.1 Å². The second-order valence-electron chi connectivity index (χ2n) is 8.41. The summed E-state index contributed by atoms with van der Waals surface area (Å²) in [7, 11) is 0. The zero-order valence-electron chi connectivity index (χ0n) is 18.5. The van der Waals surface area contributed by atoms with Crippen LogP contribution in [0, 0.1) is 11.8 Å². The summed E-state index contributed by atoms with van der Waals surface area (Å²) in [6.45, 7) is 4.60. The molecule has 3 rings (SSSR count). The number of rotatable bonds is 10. The molecule has 0 heterocycles. The average Bonchev–Trinajstić information content (AvgIpc) is 3.08. The molecule has 0 aromatic heterocycles. The van der Waals surface area contributed by atoms with Crippen molar-refractivity contribution in [3.05, 3.63) is 59.7 Å². The Hall–Kier alpha value is -3.35. The van der Waals surface area contributed by atoms with Gasteiger partial charge >= 0.3 is 12.1 Å². The molecule has 1 aliphatic carbocycles. The summed E-state index contributed by atoms with van der Waals surface area (Å²) in [4.78, 5) is 35.0. The molecule has 0 spiro atoms. The minimum atomic E-state index is -0.956. The second kappa shape index (κ2) is 10.8. The van der Waals surface area contributed by atoms with Gasteiger partial charge in [0.2, 0.25) is 5.91 Å². The Morgan fingerprint density at radius 1 is 0.969 bits per heavy atom. The molecule has 32 heavy (non-hydrogen) atoms. The number of ether oxygens (including phenoxy) is 1. The Balaban J connectivity index is 1.51. The van der Waals surface area contributed by atoms with Gasteiger partial charge in [-0.2, -0.15) is 0 Å². The molecule has 2 aromatic carbocycles. The highest BCUT2D eigenvalue weighted by Gasteiger charge is 2.29. The fraction of sp³-hybridized carbons (Fsp3) is 0.400. The van der Waals surface area contributed by atoms with Crippen molar-refractivity contribution in [2.75, 3.05) is 19.7 Å². The number of hydrogen-bond acceptors (Lipinski definition) is 4. The fourth-order valence-corrected chi connectivity index (χ4v) is 4.03. The number of amides is 2. The van der Waals surface area contributed by atoms with Gasteiger partial charge in [0.05, 0.1) is 6.42 Å². The average molecular weight is 439 g/mol. The second-order valence-corrected chi connectivity index (χ2v) is 8.41. The van der Waals surface area contributed by atoms with Crippen LogP contribution in [-0.2, 0) is 14.3 Å². The van der Waals surface area contributed by atoms with Crippen molar-refractivity contribution < 1.29 is 24.2 Å². The molecule has 7 heteroatoms. The number of carbonyl (C=O) groups is 3. The molecule has 1 aliphatic rings. The van der Waals surface area contributed by atoms with E-state index in [1.165, 1.54) is 11.1 Å². The molecule has 1 unspecified atom stereocenters. The highest BCUT2D eigenvalue weighted by Crippen LogP contribution is 2.44. The van der Waals surface area contributed by atoms with E-state index in [9.17, 15) is 14.4 Å². The molecule has 3 N–H and O–H groups in total. The molecular weight excluding hydrogens is 408 g/mol. The van der Waals surface area contributed by atoms with Gasteiger partial charge in [-0.15, -0.1) is 0 Å². The van der Waals surface area contributed by atoms with Crippen molar-refractivity contribution in [2.45, 2.75) is 32.6 Å². The molecule has 0 bridgehead atoms. The highest BCUT2D eigenvalue weighted by molar-refractivity contribution is 5.79. The number of nitrogens with one attached hydrogen (secondary N) is 2. The van der Waals surface area contributed by atoms with Crippen LogP contribution >= 0.6 is 0 Å². The molecule has 2 aromatic rings. The summed E-state index contributed by atoms with van der Waals surface area (Å²) in [5.41, 5.74) is 4.65. The zero-order valence-corrected chi connectivity index (χ0v) is 18.5. The Labute approximate surface area is 188 Å². The number of carboxylic acids is 1. The molecule has 0 fully saturated rings. The van der Waals surface area contributed by atoms with Gasteiger partial charge in [-0.05, 0) is 34.1 Å². The Bertz CT molecular complexity index is 927. The molecule has 0 saturated carbocycles. The van der Waals surface area contributed by atoms with Crippen LogP contribution in [0.25, 0.3) is 11.1 Å². The summed E-state index contributed by atoms with van der Waals surface area (Å²) in [5, 5.41) is 14.1. The number of carbonyl (C=O) groups excluding carboxylic acids is 2. The number of fused-ring (bicyclic) bond motifs is 3. The SMILES string of the molecule is CC(C)C(CNC(=O)OCC1c2ccccc2-c2ccccc21)CC(=O)NCCC(=O)O. The van der Waals surface area contributed by atoms with E-state index in [2.05, 4.69) is 34.9 Å². The van der Waals surface area contributed by atoms with Crippen LogP contribution in [-0.4, -0.2) is 42.8 Å². The van der Waals surface area contributed by atoms with Crippen molar-refractivity contribution in [2.24, 2.45) is 11.8 Å². The number of carboxylic acid groups (broad SMARTS) is 1. The molecule has 0 saturated heterocycles. The van der Waals surface area contributed by atoms with E-state index in [1.807, 2.05) is 38.1 Å². The lowest BCUT2D eigenvalue weighted by Gasteiger charge is -2.21. The van der Waals surface area contributed by atoms with E-state index in [0.717, 1.165) is 11.1 Å². The third-order valence-corrected chi connectivity index (χ3v) is 5.90. The Morgan fingerprint density at radius 3 is 2.12 bits per heavy atom. The highest BCUT2D eigenvalue weighted by atomic mass is 16.5. The third kappa shape index (κ3) is 5.87. The largest absolute Gasteiger partial charge is 0.481 e. The first-order valence-corrected chi connectivity index (χ1v) is 10.9. The van der Waals surface area contributed by atoms with E-state index in [4.69, 9.17) is 9.84 Å². The predicted octanol–water partition coefficient (Wildman–Crippen LogP) is 3.78. The topological polar surface area (TPSA) is 105 Å². The maximum absolute atomic E-state index is 12.4. The Kier molecular flexibility index (Phi) is 7.87. The molecule has 7 nitrogen and oxygen atoms in total. The number of hydrogen-bond donors (Lipinski definition) is 3. The first-order valence-electron chi connectivity index (χ1n) is 10.9. The number of aliphatic carboxylic acids is 1. The lowest BCUT2D eigenvalue weighted by molar-refractivity contribution is -0.136. The maximum Gasteiger partial charge on any atom is 0.407 e. The lowest BCUT2D eigenvalue weighted by Crippen LogP contribution is -2.36. The van der Waals surface area contributed by atoms with E-state index in [0.29, 0.717) is 6.54 Å². The van der Waals surface area contributed by atoms with Crippen LogP contribution in [0.2, 0.25) is 0 Å². The van der Waals surface area contributed by atoms with Crippen LogP contribution in [0.3, 0.4) is 0 Å². The van der Waals surface area contributed by atoms with Crippen molar-refractivity contribution in [1.29, 1.82) is 0 Å². The van der Waals surface area contributed by atoms with E-state index in [1.54, 1.807) is 0 Å². The maximum atomic E-state index is 12.4. The van der Waals surface area contributed by atoms with Crippen molar-refractivity contribution in [1.82, 2.24) is 10.6 Å². The van der Waals surface area contributed by atoms with E-state index >= 15 is 0 Å². The first kappa shape index (κ1) is 23.3. The van der Waals surface area contributed by atoms with Gasteiger partial charge < -0.3 is 20.5 Å². The quantitative estimate of drug-likeness (QED) is 0.524. The molecule has 170 valence electrons. The first-order chi connectivity index (χ1) is 15.4. The summed E-state index contributed by atoms with van der Waals surface area (Å²) in [5.74, 6) is -1.11. The summed E-state index contributed by atoms with van der Waals surface area (Å²) >= 11 is 0. The van der Waals surface area contributed by atoms with Crippen molar-refractivity contribution in [3.8, 4) is 11.1 Å². The van der Waals surface area contributed by atoms with Crippen LogP contribution in [0.1, 0.15) is 43.7 Å². The van der Waals surface area contributed by atoms with Crippen molar-refractivity contribution >= 4 is 18.0 Å². The monoisotopic (exact) mass is 438 g/mol. The third-order valence-electron chi connectivity index (χ3n) is 5.90. The van der Waals surface area contributed by atoms with Gasteiger partial charge in [-0.3, -0.25) is 9.59 Å². The van der Waals surface area contributed by atoms with Gasteiger partial charge in [0.25, 0.3) is 0 Å². The smallest absolute Gasteiger partial charge is 0.407 e. The molecule has 0 radical (unpaired) electrons. The fourth-order valence-electron chi connectivity index (χ4n) is 4.03. The van der Waals surface area contributed by atoms with Gasteiger partial charge in [0.15, 0.2) is 0 Å². The predicted molar refractivity (Wildman–Crippen MR) is 121 cm³/mol. The van der Waals surface area contributed by atoms with Gasteiger partial charge in [-0.1, -0.05) is 62.4 Å². The summed E-state index contributed by atoms with van der Waals surface area (Å²) in [6, 6.07) is 16.3. The summed E-state index contributed by atoms with van der Waals surface area (Å²) in [6.07, 6.45) is -0.416. The van der Waals surface area contributed by atoms with Crippen LogP contribution in [0.4, 0.5) is 4.79 Å². The molecule has 2 amide bonds. The summed E-state index contributed by atoms with van der Waals surface area (Å²) < 4.78 is 5.55. The van der Waals surface area contributed by atoms with Gasteiger partial charge in [0.1, 0.15) is 6.61 Å². The number of alkyl carbamates (subject to hydrolysis) is 1. The van der Waals surface area contributed by atoms with Gasteiger partial charge in [0, 0.05) is 25.4 Å². The van der Waals surface area contributed by atoms with Crippen LogP contribution in [0.5, 0.6) is 0 Å². The van der Waals surface area contributed by atoms with E-state index in [-0.39, 0.29) is 49.7 Å². The Morgan fingerprint density at radius 2 is 1.56 bits per heavy atom. The van der Waals surface area contributed by atoms with Crippen LogP contribution in [0.15, 0.2) is 48.5 Å². The minimum absolute atomic E-state index is 0.00550. The van der Waals surface area contributed by atoms with Gasteiger partial charge in [-0.25, -0.2) is 4.79 Å². The lowest BCUT2D eigenvalue weighted by atomic mass is 9.92. The normalized spacial score (nSPS) is 13.2.